The third kappa shape index (κ3) is 2.47. The van der Waals surface area contributed by atoms with E-state index in [4.69, 9.17) is 4.84 Å². The number of nitrogens with one attached hydrogen (secondary N) is 1. The molecule has 0 radical (unpaired) electrons. The largest absolute Gasteiger partial charge is 0.399 e. The number of H-pyrrole nitrogens is 1. The van der Waals surface area contributed by atoms with Crippen LogP contribution in [0.15, 0.2) is 44.9 Å². The van der Waals surface area contributed by atoms with Gasteiger partial charge in [0, 0.05) is 29.0 Å². The molecule has 3 aromatic heterocycles. The highest BCUT2D eigenvalue weighted by Gasteiger charge is 2.39. The molecule has 4 nitrogen and oxygen atoms in total. The summed E-state index contributed by atoms with van der Waals surface area (Å²) in [6, 6.07) is 4.47. The topological polar surface area (TPSA) is 50.3 Å². The Labute approximate surface area is 160 Å². The van der Waals surface area contributed by atoms with E-state index < -0.39 is 0 Å². The molecule has 2 aliphatic carbocycles. The highest BCUT2D eigenvalue weighted by molar-refractivity contribution is 7.08. The van der Waals surface area contributed by atoms with Crippen LogP contribution in [0.3, 0.4) is 0 Å². The van der Waals surface area contributed by atoms with Crippen LogP contribution in [0.2, 0.25) is 0 Å². The molecular formula is C20H19N3OS2. The van der Waals surface area contributed by atoms with Crippen LogP contribution >= 0.6 is 22.7 Å². The second kappa shape index (κ2) is 6.21. The number of fused-ring (bicyclic) bond motifs is 1. The first-order chi connectivity index (χ1) is 12.8. The monoisotopic (exact) mass is 381 g/mol. The van der Waals surface area contributed by atoms with Gasteiger partial charge >= 0.3 is 0 Å². The zero-order valence-corrected chi connectivity index (χ0v) is 16.1. The number of allylic oxidation sites excluding steroid dienone is 1. The minimum atomic E-state index is -0.130. The lowest BCUT2D eigenvalue weighted by atomic mass is 9.70. The summed E-state index contributed by atoms with van der Waals surface area (Å²) < 4.78 is 0. The maximum atomic E-state index is 5.09. The molecule has 0 aliphatic heterocycles. The molecule has 26 heavy (non-hydrogen) atoms. The van der Waals surface area contributed by atoms with Gasteiger partial charge in [0.2, 0.25) is 0 Å². The Morgan fingerprint density at radius 1 is 1.23 bits per heavy atom. The van der Waals surface area contributed by atoms with Crippen LogP contribution in [-0.4, -0.2) is 23.0 Å². The predicted octanol–water partition coefficient (Wildman–Crippen LogP) is 4.85. The van der Waals surface area contributed by atoms with Gasteiger partial charge in [0.15, 0.2) is 0 Å². The van der Waals surface area contributed by atoms with E-state index in [1.165, 1.54) is 29.7 Å². The van der Waals surface area contributed by atoms with E-state index in [1.54, 1.807) is 29.8 Å². The molecule has 2 aliphatic rings. The molecule has 132 valence electrons. The Hall–Kier alpha value is -2.18. The highest BCUT2D eigenvalue weighted by Crippen LogP contribution is 2.44. The number of hydrogen-bond donors (Lipinski definition) is 1. The molecule has 1 N–H and O–H groups in total. The molecule has 0 amide bonds. The van der Waals surface area contributed by atoms with Crippen molar-refractivity contribution < 1.29 is 4.84 Å². The number of aromatic nitrogens is 2. The summed E-state index contributed by atoms with van der Waals surface area (Å²) in [5, 5.41) is 21.0. The summed E-state index contributed by atoms with van der Waals surface area (Å²) in [5.74, 6) is 0.483. The third-order valence-electron chi connectivity index (χ3n) is 5.34. The molecule has 0 unspecified atom stereocenters. The highest BCUT2D eigenvalue weighted by atomic mass is 32.1. The number of aromatic amines is 1. The molecule has 0 atom stereocenters. The van der Waals surface area contributed by atoms with Gasteiger partial charge < -0.3 is 4.84 Å². The Balaban J connectivity index is 1.60. The van der Waals surface area contributed by atoms with E-state index in [-0.39, 0.29) is 5.41 Å². The zero-order valence-electron chi connectivity index (χ0n) is 14.4. The molecule has 0 spiro atoms. The molecule has 3 aromatic rings. The molecule has 5 rings (SSSR count). The zero-order chi connectivity index (χ0) is 17.6. The van der Waals surface area contributed by atoms with Gasteiger partial charge in [-0.2, -0.15) is 27.8 Å². The summed E-state index contributed by atoms with van der Waals surface area (Å²) in [5.41, 5.74) is 6.81. The molecule has 0 aromatic carbocycles. The number of oxime groups is 1. The van der Waals surface area contributed by atoms with Gasteiger partial charge in [0.1, 0.15) is 18.5 Å². The van der Waals surface area contributed by atoms with Crippen molar-refractivity contribution in [1.29, 1.82) is 0 Å². The fraction of sp³-hybridized carbons (Fsp3) is 0.300. The van der Waals surface area contributed by atoms with Crippen LogP contribution in [0, 0.1) is 5.92 Å². The van der Waals surface area contributed by atoms with Gasteiger partial charge in [0.05, 0.1) is 0 Å². The van der Waals surface area contributed by atoms with E-state index in [0.717, 1.165) is 23.4 Å². The third-order valence-corrected chi connectivity index (χ3v) is 6.71. The van der Waals surface area contributed by atoms with Crippen molar-refractivity contribution in [2.45, 2.75) is 24.7 Å². The average Bonchev–Trinajstić information content (AvgIpc) is 3.12. The second-order valence-electron chi connectivity index (χ2n) is 6.90. The first-order valence-corrected chi connectivity index (χ1v) is 10.6. The van der Waals surface area contributed by atoms with Crippen molar-refractivity contribution in [2.24, 2.45) is 11.1 Å². The van der Waals surface area contributed by atoms with Crippen molar-refractivity contribution in [3.8, 4) is 0 Å². The first-order valence-electron chi connectivity index (χ1n) is 8.75. The van der Waals surface area contributed by atoms with Gasteiger partial charge in [-0.3, -0.25) is 5.10 Å². The maximum absolute atomic E-state index is 5.09. The Kier molecular flexibility index (Phi) is 3.83. The van der Waals surface area contributed by atoms with Crippen LogP contribution in [0.1, 0.15) is 40.9 Å². The van der Waals surface area contributed by atoms with Crippen LogP contribution in [0.4, 0.5) is 0 Å². The van der Waals surface area contributed by atoms with E-state index in [0.29, 0.717) is 5.92 Å². The second-order valence-corrected chi connectivity index (χ2v) is 8.46. The summed E-state index contributed by atoms with van der Waals surface area (Å²) in [6.07, 6.45) is 7.78. The molecule has 1 fully saturated rings. The number of thiophene rings is 2. The quantitative estimate of drug-likeness (QED) is 0.507. The SMILES string of the molecule is CO/N=C(/c1n[nH]c2c1C=CC(c1ccsc1)(c1ccsc1)C2)C1CC1. The van der Waals surface area contributed by atoms with Gasteiger partial charge in [-0.15, -0.1) is 0 Å². The molecule has 0 saturated heterocycles. The average molecular weight is 382 g/mol. The fourth-order valence-electron chi connectivity index (χ4n) is 3.83. The lowest BCUT2D eigenvalue weighted by Gasteiger charge is -2.32. The normalized spacial score (nSPS) is 18.7. The van der Waals surface area contributed by atoms with Gasteiger partial charge in [-0.1, -0.05) is 17.3 Å². The first kappa shape index (κ1) is 16.0. The van der Waals surface area contributed by atoms with Crippen LogP contribution < -0.4 is 0 Å². The van der Waals surface area contributed by atoms with Crippen LogP contribution in [-0.2, 0) is 16.7 Å². The molecule has 6 heteroatoms. The minimum Gasteiger partial charge on any atom is -0.399 e. The van der Waals surface area contributed by atoms with E-state index in [2.05, 4.69) is 61.2 Å². The molecular weight excluding hydrogens is 362 g/mol. The van der Waals surface area contributed by atoms with Crippen molar-refractivity contribution in [3.63, 3.8) is 0 Å². The number of hydrogen-bond acceptors (Lipinski definition) is 5. The number of nitrogens with zero attached hydrogens (tertiary/aromatic N) is 2. The standard InChI is InChI=1S/C20H19N3OS2/c1-24-23-18(13-2-3-13)19-16-4-7-20(10-17(16)21-22-19,14-5-8-25-11-14)15-6-9-26-12-15/h4-9,11-13H,2-3,10H2,1H3,(H,21,22)/b23-18+. The molecule has 0 bridgehead atoms. The van der Waals surface area contributed by atoms with E-state index in [1.807, 2.05) is 0 Å². The predicted molar refractivity (Wildman–Crippen MR) is 107 cm³/mol. The summed E-state index contributed by atoms with van der Waals surface area (Å²) in [6.45, 7) is 0. The summed E-state index contributed by atoms with van der Waals surface area (Å²) in [7, 11) is 1.61. The molecule has 1 saturated carbocycles. The summed E-state index contributed by atoms with van der Waals surface area (Å²) in [4.78, 5) is 5.09. The van der Waals surface area contributed by atoms with Crippen molar-refractivity contribution in [3.05, 3.63) is 67.8 Å². The molecule has 3 heterocycles. The lowest BCUT2D eigenvalue weighted by molar-refractivity contribution is 0.212. The van der Waals surface area contributed by atoms with Crippen LogP contribution in [0.5, 0.6) is 0 Å². The van der Waals surface area contributed by atoms with Crippen LogP contribution in [0.25, 0.3) is 6.08 Å². The Morgan fingerprint density at radius 2 is 1.96 bits per heavy atom. The Morgan fingerprint density at radius 3 is 2.54 bits per heavy atom. The minimum absolute atomic E-state index is 0.130. The van der Waals surface area contributed by atoms with Crippen molar-refractivity contribution >= 4 is 34.5 Å². The van der Waals surface area contributed by atoms with Gasteiger partial charge in [0.25, 0.3) is 0 Å². The van der Waals surface area contributed by atoms with Crippen molar-refractivity contribution in [2.75, 3.05) is 7.11 Å². The van der Waals surface area contributed by atoms with Gasteiger partial charge in [-0.05, 0) is 57.6 Å². The van der Waals surface area contributed by atoms with E-state index in [9.17, 15) is 0 Å². The van der Waals surface area contributed by atoms with E-state index >= 15 is 0 Å². The van der Waals surface area contributed by atoms with Gasteiger partial charge in [-0.25, -0.2) is 0 Å². The lowest BCUT2D eigenvalue weighted by Crippen LogP contribution is -2.29. The fourth-order valence-corrected chi connectivity index (χ4v) is 5.30. The maximum Gasteiger partial charge on any atom is 0.117 e. The number of rotatable bonds is 5. The summed E-state index contributed by atoms with van der Waals surface area (Å²) >= 11 is 3.49. The van der Waals surface area contributed by atoms with Crippen molar-refractivity contribution in [1.82, 2.24) is 10.2 Å². The smallest absolute Gasteiger partial charge is 0.117 e. The Bertz CT molecular complexity index is 929.